The molecule has 9 heteroatoms. The minimum absolute atomic E-state index is 0.238. The van der Waals surface area contributed by atoms with E-state index in [2.05, 4.69) is 25.8 Å². The van der Waals surface area contributed by atoms with Crippen molar-refractivity contribution in [3.63, 3.8) is 0 Å². The molecule has 0 spiro atoms. The molecule has 3 aromatic heterocycles. The van der Waals surface area contributed by atoms with Gasteiger partial charge in [0.2, 0.25) is 0 Å². The molecule has 32 heavy (non-hydrogen) atoms. The first-order chi connectivity index (χ1) is 15.6. The summed E-state index contributed by atoms with van der Waals surface area (Å²) in [6, 6.07) is 11.1. The number of hydrogen-bond acceptors (Lipinski definition) is 7. The predicted octanol–water partition coefficient (Wildman–Crippen LogP) is 4.32. The molecular formula is C23H19N5O3S. The number of nitrogens with zero attached hydrogens (tertiary/aromatic N) is 3. The van der Waals surface area contributed by atoms with Gasteiger partial charge in [0.1, 0.15) is 11.5 Å². The molecule has 0 radical (unpaired) electrons. The number of pyridine rings is 1. The largest absolute Gasteiger partial charge is 0.455 e. The van der Waals surface area contributed by atoms with Gasteiger partial charge in [-0.15, -0.1) is 11.3 Å². The maximum absolute atomic E-state index is 12.7. The van der Waals surface area contributed by atoms with Crippen LogP contribution in [0.15, 0.2) is 57.5 Å². The van der Waals surface area contributed by atoms with Crippen LogP contribution in [0.4, 0.5) is 5.13 Å². The summed E-state index contributed by atoms with van der Waals surface area (Å²) in [5.74, 6) is 0.200. The highest BCUT2D eigenvalue weighted by molar-refractivity contribution is 7.13. The van der Waals surface area contributed by atoms with Crippen LogP contribution in [0.3, 0.4) is 0 Å². The first-order valence-corrected chi connectivity index (χ1v) is 11.0. The van der Waals surface area contributed by atoms with Crippen molar-refractivity contribution in [1.29, 1.82) is 0 Å². The third-order valence-electron chi connectivity index (χ3n) is 5.31. The average molecular weight is 446 g/mol. The van der Waals surface area contributed by atoms with Crippen LogP contribution in [0.5, 0.6) is 0 Å². The molecule has 0 atom stereocenters. The van der Waals surface area contributed by atoms with E-state index in [-0.39, 0.29) is 17.4 Å². The number of hydrogen-bond donors (Lipinski definition) is 2. The third kappa shape index (κ3) is 3.78. The van der Waals surface area contributed by atoms with Crippen molar-refractivity contribution in [2.75, 3.05) is 5.32 Å². The van der Waals surface area contributed by atoms with Gasteiger partial charge in [0, 0.05) is 34.5 Å². The zero-order valence-corrected chi connectivity index (χ0v) is 18.0. The van der Waals surface area contributed by atoms with Crippen LogP contribution >= 0.6 is 11.3 Å². The number of aromatic nitrogens is 2. The average Bonchev–Trinajstić information content (AvgIpc) is 3.45. The van der Waals surface area contributed by atoms with Gasteiger partial charge in [-0.25, -0.2) is 15.4 Å². The molecule has 4 aromatic rings. The second kappa shape index (κ2) is 8.35. The number of benzene rings is 1. The topological polar surface area (TPSA) is 109 Å². The number of nitrogens with one attached hydrogen (secondary N) is 2. The van der Waals surface area contributed by atoms with Gasteiger partial charge >= 0.3 is 0 Å². The molecule has 3 heterocycles. The first-order valence-electron chi connectivity index (χ1n) is 10.2. The summed E-state index contributed by atoms with van der Waals surface area (Å²) in [5.41, 5.74) is 5.82. The van der Waals surface area contributed by atoms with Crippen molar-refractivity contribution < 1.29 is 14.0 Å². The molecule has 2 N–H and O–H groups in total. The Hall–Kier alpha value is -3.85. The van der Waals surface area contributed by atoms with Crippen molar-refractivity contribution in [2.45, 2.75) is 26.2 Å². The Bertz CT molecular complexity index is 1360. The Balaban J connectivity index is 1.38. The highest BCUT2D eigenvalue weighted by Gasteiger charge is 2.28. The summed E-state index contributed by atoms with van der Waals surface area (Å²) in [7, 11) is 0. The summed E-state index contributed by atoms with van der Waals surface area (Å²) < 4.78 is 5.88. The number of amides is 2. The normalized spacial score (nSPS) is 14.3. The van der Waals surface area contributed by atoms with Gasteiger partial charge in [0.05, 0.1) is 11.2 Å². The van der Waals surface area contributed by atoms with Gasteiger partial charge in [-0.05, 0) is 31.9 Å². The highest BCUT2D eigenvalue weighted by atomic mass is 32.1. The molecule has 0 saturated heterocycles. The Morgan fingerprint density at radius 3 is 2.84 bits per heavy atom. The quantitative estimate of drug-likeness (QED) is 0.455. The number of anilines is 1. The standard InChI is InChI=1S/C23H19N5O3S/c1-13-19-16(27-28-21(29)17-10-9-14-5-2-3-6-15(14)25-17)7-4-8-18(19)31-20(13)22(30)26-23-24-11-12-32-23/h2-3,5-6,9-12H,4,7-8H2,1H3,(H,28,29)(H,24,26,30)/b27-16+. The number of hydrazone groups is 1. The van der Waals surface area contributed by atoms with E-state index in [1.807, 2.05) is 37.3 Å². The second-order valence-corrected chi connectivity index (χ2v) is 8.28. The van der Waals surface area contributed by atoms with Crippen molar-refractivity contribution in [1.82, 2.24) is 15.4 Å². The summed E-state index contributed by atoms with van der Waals surface area (Å²) in [6.45, 7) is 1.83. The fourth-order valence-corrected chi connectivity index (χ4v) is 4.33. The molecule has 1 aromatic carbocycles. The molecule has 160 valence electrons. The van der Waals surface area contributed by atoms with Crippen LogP contribution in [0, 0.1) is 6.92 Å². The van der Waals surface area contributed by atoms with E-state index < -0.39 is 5.91 Å². The van der Waals surface area contributed by atoms with E-state index in [0.29, 0.717) is 35.0 Å². The number of carbonyl (C=O) groups excluding carboxylic acids is 2. The smallest absolute Gasteiger partial charge is 0.293 e. The van der Waals surface area contributed by atoms with Crippen LogP contribution < -0.4 is 10.7 Å². The van der Waals surface area contributed by atoms with Crippen LogP contribution in [-0.2, 0) is 6.42 Å². The van der Waals surface area contributed by atoms with Gasteiger partial charge < -0.3 is 4.42 Å². The number of rotatable bonds is 4. The summed E-state index contributed by atoms with van der Waals surface area (Å²) in [4.78, 5) is 33.8. The molecule has 0 saturated carbocycles. The highest BCUT2D eigenvalue weighted by Crippen LogP contribution is 2.30. The van der Waals surface area contributed by atoms with E-state index in [1.54, 1.807) is 17.6 Å². The molecule has 2 amide bonds. The fraction of sp³-hybridized carbons (Fsp3) is 0.174. The predicted molar refractivity (Wildman–Crippen MR) is 122 cm³/mol. The van der Waals surface area contributed by atoms with E-state index in [4.69, 9.17) is 4.42 Å². The molecule has 8 nitrogen and oxygen atoms in total. The first kappa shape index (κ1) is 20.1. The second-order valence-electron chi connectivity index (χ2n) is 7.39. The van der Waals surface area contributed by atoms with Gasteiger partial charge in [-0.3, -0.25) is 14.9 Å². The maximum atomic E-state index is 12.7. The minimum atomic E-state index is -0.390. The molecule has 1 aliphatic rings. The van der Waals surface area contributed by atoms with Gasteiger partial charge in [0.15, 0.2) is 10.9 Å². The Morgan fingerprint density at radius 1 is 1.12 bits per heavy atom. The zero-order valence-electron chi connectivity index (χ0n) is 17.2. The van der Waals surface area contributed by atoms with Crippen LogP contribution in [0.1, 0.15) is 50.8 Å². The number of aryl methyl sites for hydroxylation is 1. The van der Waals surface area contributed by atoms with Crippen LogP contribution in [0.25, 0.3) is 10.9 Å². The van der Waals surface area contributed by atoms with E-state index >= 15 is 0 Å². The van der Waals surface area contributed by atoms with Gasteiger partial charge in [-0.2, -0.15) is 5.10 Å². The third-order valence-corrected chi connectivity index (χ3v) is 6.00. The molecule has 5 rings (SSSR count). The molecule has 0 aliphatic heterocycles. The zero-order chi connectivity index (χ0) is 22.1. The maximum Gasteiger partial charge on any atom is 0.293 e. The fourth-order valence-electron chi connectivity index (χ4n) is 3.80. The number of carbonyl (C=O) groups is 2. The summed E-state index contributed by atoms with van der Waals surface area (Å²) >= 11 is 1.34. The van der Waals surface area contributed by atoms with Crippen molar-refractivity contribution in [3.05, 3.63) is 76.3 Å². The molecule has 1 aliphatic carbocycles. The monoisotopic (exact) mass is 445 g/mol. The summed E-state index contributed by atoms with van der Waals surface area (Å²) in [6.07, 6.45) is 3.82. The van der Waals surface area contributed by atoms with Crippen molar-refractivity contribution >= 4 is 44.9 Å². The van der Waals surface area contributed by atoms with Crippen LogP contribution in [-0.4, -0.2) is 27.5 Å². The Labute approximate surface area is 187 Å². The molecule has 0 bridgehead atoms. The van der Waals surface area contributed by atoms with Crippen molar-refractivity contribution in [3.8, 4) is 0 Å². The Morgan fingerprint density at radius 2 is 2.00 bits per heavy atom. The van der Waals surface area contributed by atoms with E-state index in [1.165, 1.54) is 11.3 Å². The number of fused-ring (bicyclic) bond motifs is 2. The van der Waals surface area contributed by atoms with E-state index in [9.17, 15) is 9.59 Å². The molecular weight excluding hydrogens is 426 g/mol. The van der Waals surface area contributed by atoms with Gasteiger partial charge in [-0.1, -0.05) is 24.3 Å². The number of furan rings is 1. The molecule has 0 fully saturated rings. The van der Waals surface area contributed by atoms with Gasteiger partial charge in [0.25, 0.3) is 11.8 Å². The summed E-state index contributed by atoms with van der Waals surface area (Å²) in [5, 5.41) is 10.4. The number of para-hydroxylation sites is 1. The Kier molecular flexibility index (Phi) is 5.24. The van der Waals surface area contributed by atoms with Crippen LogP contribution in [0.2, 0.25) is 0 Å². The van der Waals surface area contributed by atoms with E-state index in [0.717, 1.165) is 22.9 Å². The lowest BCUT2D eigenvalue weighted by molar-refractivity contribution is 0.0949. The molecule has 0 unspecified atom stereocenters. The lowest BCUT2D eigenvalue weighted by Gasteiger charge is -2.13. The number of thiazole rings is 1. The minimum Gasteiger partial charge on any atom is -0.455 e. The van der Waals surface area contributed by atoms with Crippen molar-refractivity contribution in [2.24, 2.45) is 5.10 Å². The lowest BCUT2D eigenvalue weighted by Crippen LogP contribution is -2.23. The SMILES string of the molecule is Cc1c(C(=O)Nc2nccs2)oc2c1/C(=N/NC(=O)c1ccc3ccccc3n1)CCC2. The lowest BCUT2D eigenvalue weighted by atomic mass is 9.93.